The van der Waals surface area contributed by atoms with E-state index in [1.54, 1.807) is 0 Å². The molecule has 1 fully saturated rings. The number of aromatic nitrogens is 2. The number of benzene rings is 1. The van der Waals surface area contributed by atoms with Gasteiger partial charge in [0.1, 0.15) is 0 Å². The van der Waals surface area contributed by atoms with Crippen molar-refractivity contribution in [3.05, 3.63) is 24.3 Å². The number of rotatable bonds is 4. The van der Waals surface area contributed by atoms with E-state index in [-0.39, 0.29) is 12.7 Å². The van der Waals surface area contributed by atoms with E-state index < -0.39 is 0 Å². The van der Waals surface area contributed by atoms with E-state index in [1.807, 2.05) is 24.3 Å². The molecular formula is C15H20N4O2. The Labute approximate surface area is 123 Å². The van der Waals surface area contributed by atoms with E-state index >= 15 is 0 Å². The van der Waals surface area contributed by atoms with Gasteiger partial charge in [0.15, 0.2) is 11.6 Å². The molecule has 0 bridgehead atoms. The smallest absolute Gasteiger partial charge is 0.172 e. The maximum Gasteiger partial charge on any atom is 0.172 e. The quantitative estimate of drug-likeness (QED) is 0.879. The van der Waals surface area contributed by atoms with Crippen LogP contribution in [0.4, 0.5) is 11.6 Å². The number of nitrogen functional groups attached to an aromatic ring is 1. The lowest BCUT2D eigenvalue weighted by Crippen LogP contribution is -2.38. The molecule has 112 valence electrons. The fourth-order valence-corrected chi connectivity index (χ4v) is 2.69. The molecular weight excluding hydrogens is 268 g/mol. The van der Waals surface area contributed by atoms with Gasteiger partial charge >= 0.3 is 0 Å². The van der Waals surface area contributed by atoms with Gasteiger partial charge in [-0.1, -0.05) is 12.1 Å². The Balaban J connectivity index is 1.74. The fourth-order valence-electron chi connectivity index (χ4n) is 2.69. The summed E-state index contributed by atoms with van der Waals surface area (Å²) < 4.78 is 5.57. The molecule has 0 spiro atoms. The van der Waals surface area contributed by atoms with Crippen LogP contribution in [0.25, 0.3) is 11.0 Å². The monoisotopic (exact) mass is 288 g/mol. The Morgan fingerprint density at radius 2 is 1.86 bits per heavy atom. The minimum atomic E-state index is 0.0727. The van der Waals surface area contributed by atoms with Crippen molar-refractivity contribution in [1.82, 2.24) is 9.97 Å². The van der Waals surface area contributed by atoms with Crippen LogP contribution in [-0.4, -0.2) is 47.5 Å². The summed E-state index contributed by atoms with van der Waals surface area (Å²) in [6.45, 7) is 2.16. The Morgan fingerprint density at radius 1 is 1.19 bits per heavy atom. The van der Waals surface area contributed by atoms with Gasteiger partial charge in [0.25, 0.3) is 0 Å². The summed E-state index contributed by atoms with van der Waals surface area (Å²) in [5.74, 6) is 1.23. The summed E-state index contributed by atoms with van der Waals surface area (Å²) in [6, 6.07) is 7.74. The number of hydrogen-bond acceptors (Lipinski definition) is 6. The van der Waals surface area contributed by atoms with E-state index in [4.69, 9.17) is 15.6 Å². The zero-order valence-electron chi connectivity index (χ0n) is 11.9. The highest BCUT2D eigenvalue weighted by Gasteiger charge is 2.22. The summed E-state index contributed by atoms with van der Waals surface area (Å²) in [7, 11) is 0. The van der Waals surface area contributed by atoms with Gasteiger partial charge in [-0.05, 0) is 25.0 Å². The molecule has 2 aromatic rings. The van der Waals surface area contributed by atoms with Gasteiger partial charge < -0.3 is 20.5 Å². The van der Waals surface area contributed by atoms with Gasteiger partial charge in [0.05, 0.1) is 30.4 Å². The number of hydrogen-bond donors (Lipinski definition) is 2. The van der Waals surface area contributed by atoms with Gasteiger partial charge in [0, 0.05) is 13.1 Å². The molecule has 0 aliphatic carbocycles. The van der Waals surface area contributed by atoms with Crippen LogP contribution in [0.5, 0.6) is 0 Å². The van der Waals surface area contributed by atoms with E-state index in [2.05, 4.69) is 14.9 Å². The van der Waals surface area contributed by atoms with Crippen molar-refractivity contribution in [1.29, 1.82) is 0 Å². The third-order valence-corrected chi connectivity index (χ3v) is 3.76. The topological polar surface area (TPSA) is 84.5 Å². The van der Waals surface area contributed by atoms with Gasteiger partial charge in [0.2, 0.25) is 0 Å². The van der Waals surface area contributed by atoms with Crippen LogP contribution < -0.4 is 10.6 Å². The normalized spacial score (nSPS) is 16.5. The van der Waals surface area contributed by atoms with Crippen molar-refractivity contribution >= 4 is 22.7 Å². The Hall–Kier alpha value is -1.92. The molecule has 1 aromatic heterocycles. The highest BCUT2D eigenvalue weighted by molar-refractivity contribution is 5.79. The lowest BCUT2D eigenvalue weighted by Gasteiger charge is -2.33. The second-order valence-electron chi connectivity index (χ2n) is 5.20. The van der Waals surface area contributed by atoms with Crippen LogP contribution in [0.15, 0.2) is 24.3 Å². The van der Waals surface area contributed by atoms with Crippen LogP contribution in [-0.2, 0) is 4.74 Å². The SMILES string of the molecule is Nc1nc2ccccc2nc1N1CCC(OCCO)CC1. The first-order valence-electron chi connectivity index (χ1n) is 7.27. The average Bonchev–Trinajstić information content (AvgIpc) is 2.53. The van der Waals surface area contributed by atoms with Gasteiger partial charge in [-0.25, -0.2) is 9.97 Å². The molecule has 1 aromatic carbocycles. The van der Waals surface area contributed by atoms with Crippen molar-refractivity contribution in [2.24, 2.45) is 0 Å². The molecule has 0 radical (unpaired) electrons. The van der Waals surface area contributed by atoms with E-state index in [0.29, 0.717) is 12.4 Å². The van der Waals surface area contributed by atoms with Gasteiger partial charge in [-0.2, -0.15) is 0 Å². The van der Waals surface area contributed by atoms with Crippen LogP contribution in [0.1, 0.15) is 12.8 Å². The van der Waals surface area contributed by atoms with Crippen LogP contribution >= 0.6 is 0 Å². The molecule has 1 aliphatic rings. The maximum atomic E-state index is 8.79. The summed E-state index contributed by atoms with van der Waals surface area (Å²) >= 11 is 0. The summed E-state index contributed by atoms with van der Waals surface area (Å²) in [4.78, 5) is 11.2. The third kappa shape index (κ3) is 3.06. The number of aliphatic hydroxyl groups excluding tert-OH is 1. The number of nitrogens with zero attached hydrogens (tertiary/aromatic N) is 3. The molecule has 1 aliphatic heterocycles. The molecule has 6 heteroatoms. The molecule has 3 rings (SSSR count). The first-order valence-corrected chi connectivity index (χ1v) is 7.27. The van der Waals surface area contributed by atoms with Crippen molar-refractivity contribution in [3.63, 3.8) is 0 Å². The number of piperidine rings is 1. The van der Waals surface area contributed by atoms with Gasteiger partial charge in [-0.15, -0.1) is 0 Å². The first kappa shape index (κ1) is 14.0. The molecule has 2 heterocycles. The van der Waals surface area contributed by atoms with Crippen molar-refractivity contribution in [2.75, 3.05) is 36.9 Å². The molecule has 0 saturated carbocycles. The minimum Gasteiger partial charge on any atom is -0.394 e. The number of nitrogens with two attached hydrogens (primary N) is 1. The Kier molecular flexibility index (Phi) is 4.17. The molecule has 0 unspecified atom stereocenters. The first-order chi connectivity index (χ1) is 10.3. The zero-order valence-corrected chi connectivity index (χ0v) is 11.9. The number of fused-ring (bicyclic) bond motifs is 1. The number of anilines is 2. The number of aliphatic hydroxyl groups is 1. The highest BCUT2D eigenvalue weighted by atomic mass is 16.5. The predicted molar refractivity (Wildman–Crippen MR) is 82.2 cm³/mol. The standard InChI is InChI=1S/C15H20N4O2/c16-14-15(18-13-4-2-1-3-12(13)17-14)19-7-5-11(6-8-19)21-10-9-20/h1-4,11,20H,5-10H2,(H2,16,17). The minimum absolute atomic E-state index is 0.0727. The van der Waals surface area contributed by atoms with Crippen LogP contribution in [0.3, 0.4) is 0 Å². The molecule has 21 heavy (non-hydrogen) atoms. The Bertz CT molecular complexity index is 612. The van der Waals surface area contributed by atoms with Gasteiger partial charge in [-0.3, -0.25) is 0 Å². The van der Waals surface area contributed by atoms with Crippen molar-refractivity contribution < 1.29 is 9.84 Å². The second kappa shape index (κ2) is 6.24. The maximum absolute atomic E-state index is 8.79. The predicted octanol–water partition coefficient (Wildman–Crippen LogP) is 1.19. The molecule has 1 saturated heterocycles. The summed E-state index contributed by atoms with van der Waals surface area (Å²) in [5, 5.41) is 8.79. The Morgan fingerprint density at radius 3 is 2.52 bits per heavy atom. The third-order valence-electron chi connectivity index (χ3n) is 3.76. The van der Waals surface area contributed by atoms with E-state index in [9.17, 15) is 0 Å². The average molecular weight is 288 g/mol. The zero-order chi connectivity index (χ0) is 14.7. The van der Waals surface area contributed by atoms with Crippen molar-refractivity contribution in [3.8, 4) is 0 Å². The molecule has 0 atom stereocenters. The fraction of sp³-hybridized carbons (Fsp3) is 0.467. The lowest BCUT2D eigenvalue weighted by molar-refractivity contribution is 0.0158. The van der Waals surface area contributed by atoms with Crippen LogP contribution in [0, 0.1) is 0 Å². The number of para-hydroxylation sites is 2. The molecule has 0 amide bonds. The lowest BCUT2D eigenvalue weighted by atomic mass is 10.1. The number of ether oxygens (including phenoxy) is 1. The van der Waals surface area contributed by atoms with E-state index in [0.717, 1.165) is 42.8 Å². The van der Waals surface area contributed by atoms with Crippen molar-refractivity contribution in [2.45, 2.75) is 18.9 Å². The summed E-state index contributed by atoms with van der Waals surface area (Å²) in [5.41, 5.74) is 7.73. The summed E-state index contributed by atoms with van der Waals surface area (Å²) in [6.07, 6.45) is 2.03. The molecule has 3 N–H and O–H groups in total. The molecule has 6 nitrogen and oxygen atoms in total. The highest BCUT2D eigenvalue weighted by Crippen LogP contribution is 2.26. The van der Waals surface area contributed by atoms with E-state index in [1.165, 1.54) is 0 Å². The second-order valence-corrected chi connectivity index (χ2v) is 5.20. The van der Waals surface area contributed by atoms with Crippen LogP contribution in [0.2, 0.25) is 0 Å². The largest absolute Gasteiger partial charge is 0.394 e.